The van der Waals surface area contributed by atoms with Crippen LogP contribution in [0.2, 0.25) is 10.0 Å². The van der Waals surface area contributed by atoms with Crippen LogP contribution in [0.15, 0.2) is 40.7 Å². The van der Waals surface area contributed by atoms with Gasteiger partial charge in [0.25, 0.3) is 5.56 Å². The summed E-state index contributed by atoms with van der Waals surface area (Å²) in [5, 5.41) is 4.63. The van der Waals surface area contributed by atoms with Crippen LogP contribution in [0.3, 0.4) is 0 Å². The van der Waals surface area contributed by atoms with Gasteiger partial charge in [0.05, 0.1) is 37.7 Å². The average Bonchev–Trinajstić information content (AvgIpc) is 2.99. The lowest BCUT2D eigenvalue weighted by molar-refractivity contribution is 0.960. The number of fused-ring (bicyclic) bond motifs is 3. The number of aromatic amines is 1. The molecule has 4 aromatic rings. The van der Waals surface area contributed by atoms with E-state index in [9.17, 15) is 4.79 Å². The van der Waals surface area contributed by atoms with Gasteiger partial charge in [0.2, 0.25) is 5.95 Å². The smallest absolute Gasteiger partial charge is 0.261 e. The Hall–Kier alpha value is -2.83. The van der Waals surface area contributed by atoms with E-state index in [0.717, 1.165) is 11.1 Å². The number of nitrogens with one attached hydrogen (secondary N) is 2. The maximum absolute atomic E-state index is 12.9. The van der Waals surface area contributed by atoms with Gasteiger partial charge in [0.15, 0.2) is 0 Å². The molecule has 4 rings (SSSR count). The molecule has 0 saturated carbocycles. The number of imidazole rings is 1. The predicted octanol–water partition coefficient (Wildman–Crippen LogP) is 5.67. The largest absolute Gasteiger partial charge is 0.323 e. The van der Waals surface area contributed by atoms with Crippen molar-refractivity contribution in [2.75, 3.05) is 5.32 Å². The van der Waals surface area contributed by atoms with E-state index in [-0.39, 0.29) is 5.56 Å². The number of para-hydroxylation sites is 1. The van der Waals surface area contributed by atoms with Gasteiger partial charge in [-0.3, -0.25) is 4.79 Å². The quantitative estimate of drug-likeness (QED) is 0.441. The van der Waals surface area contributed by atoms with Crippen molar-refractivity contribution in [3.63, 3.8) is 0 Å². The molecule has 29 heavy (non-hydrogen) atoms. The lowest BCUT2D eigenvalue weighted by Crippen LogP contribution is -2.12. The lowest BCUT2D eigenvalue weighted by Gasteiger charge is -2.10. The number of allylic oxidation sites excluding steroid dienone is 2. The van der Waals surface area contributed by atoms with Crippen LogP contribution in [0.4, 0.5) is 11.6 Å². The highest BCUT2D eigenvalue weighted by Crippen LogP contribution is 2.33. The van der Waals surface area contributed by atoms with Gasteiger partial charge < -0.3 is 14.9 Å². The third kappa shape index (κ3) is 3.28. The van der Waals surface area contributed by atoms with E-state index in [1.807, 2.05) is 44.5 Å². The fraction of sp³-hybridized carbons (Fsp3) is 0.190. The van der Waals surface area contributed by atoms with Crippen LogP contribution in [-0.4, -0.2) is 19.5 Å². The summed E-state index contributed by atoms with van der Waals surface area (Å²) in [6, 6.07) is 8.93. The molecule has 0 saturated heterocycles. The minimum atomic E-state index is -0.207. The molecule has 0 bridgehead atoms. The maximum Gasteiger partial charge on any atom is 0.261 e. The molecule has 2 N–H and O–H groups in total. The Kier molecular flexibility index (Phi) is 4.84. The Bertz CT molecular complexity index is 1340. The molecule has 8 heteroatoms. The van der Waals surface area contributed by atoms with Crippen LogP contribution in [0.1, 0.15) is 26.6 Å². The van der Waals surface area contributed by atoms with E-state index in [2.05, 4.69) is 20.3 Å². The van der Waals surface area contributed by atoms with Crippen molar-refractivity contribution in [2.45, 2.75) is 20.8 Å². The minimum Gasteiger partial charge on any atom is -0.323 e. The molecule has 148 valence electrons. The number of benzene rings is 2. The summed E-state index contributed by atoms with van der Waals surface area (Å²) in [4.78, 5) is 25.1. The zero-order valence-electron chi connectivity index (χ0n) is 16.4. The Morgan fingerprint density at radius 1 is 1.03 bits per heavy atom. The lowest BCUT2D eigenvalue weighted by atomic mass is 10.1. The normalized spacial score (nSPS) is 11.2. The van der Waals surface area contributed by atoms with Gasteiger partial charge in [-0.25, -0.2) is 9.97 Å². The molecule has 0 fully saturated rings. The Balaban J connectivity index is 1.94. The van der Waals surface area contributed by atoms with Gasteiger partial charge in [-0.15, -0.1) is 0 Å². The van der Waals surface area contributed by atoms with Gasteiger partial charge in [-0.1, -0.05) is 34.8 Å². The van der Waals surface area contributed by atoms with E-state index >= 15 is 0 Å². The number of rotatable bonds is 3. The highest BCUT2D eigenvalue weighted by Gasteiger charge is 2.17. The molecule has 2 aromatic heterocycles. The molecule has 6 nitrogen and oxygen atoms in total. The minimum absolute atomic E-state index is 0.207. The first-order valence-corrected chi connectivity index (χ1v) is 9.78. The molecule has 2 aromatic carbocycles. The molecule has 0 aliphatic carbocycles. The molecule has 0 radical (unpaired) electrons. The summed E-state index contributed by atoms with van der Waals surface area (Å²) in [6.45, 7) is 5.92. The van der Waals surface area contributed by atoms with Crippen LogP contribution in [0, 0.1) is 0 Å². The van der Waals surface area contributed by atoms with Crippen molar-refractivity contribution in [1.29, 1.82) is 0 Å². The second-order valence-electron chi connectivity index (χ2n) is 7.08. The number of aromatic nitrogens is 4. The van der Waals surface area contributed by atoms with Crippen LogP contribution >= 0.6 is 23.2 Å². The van der Waals surface area contributed by atoms with Gasteiger partial charge in [-0.2, -0.15) is 0 Å². The predicted molar refractivity (Wildman–Crippen MR) is 120 cm³/mol. The first-order chi connectivity index (χ1) is 13.8. The molecular weight excluding hydrogens is 409 g/mol. The molecule has 0 aliphatic heterocycles. The van der Waals surface area contributed by atoms with Crippen molar-refractivity contribution in [3.8, 4) is 0 Å². The van der Waals surface area contributed by atoms with E-state index < -0.39 is 0 Å². The van der Waals surface area contributed by atoms with Crippen molar-refractivity contribution >= 4 is 62.3 Å². The van der Waals surface area contributed by atoms with Gasteiger partial charge in [0, 0.05) is 7.05 Å². The average molecular weight is 428 g/mol. The standard InChI is InChI=1S/C21H19Cl2N5O/c1-10(2)11(3)19-24-14-8-9-15-18(16(14)20(29)27-19)28(4)21(25-15)26-17-12(22)6-5-7-13(17)23/h5-9H,1-4H3,(H,25,26)(H,24,27,29). The molecule has 2 heterocycles. The molecule has 0 atom stereocenters. The summed E-state index contributed by atoms with van der Waals surface area (Å²) in [5.74, 6) is 1.09. The zero-order chi connectivity index (χ0) is 20.9. The molecule has 0 spiro atoms. The number of hydrogen-bond donors (Lipinski definition) is 2. The Morgan fingerprint density at radius 3 is 2.34 bits per heavy atom. The molecular formula is C21H19Cl2N5O. The van der Waals surface area contributed by atoms with Gasteiger partial charge in [-0.05, 0) is 50.6 Å². The summed E-state index contributed by atoms with van der Waals surface area (Å²) < 4.78 is 1.81. The van der Waals surface area contributed by atoms with E-state index in [1.165, 1.54) is 0 Å². The fourth-order valence-corrected chi connectivity index (χ4v) is 3.68. The highest BCUT2D eigenvalue weighted by atomic mass is 35.5. The Labute approximate surface area is 177 Å². The maximum atomic E-state index is 12.9. The molecule has 0 amide bonds. The monoisotopic (exact) mass is 427 g/mol. The van der Waals surface area contributed by atoms with Crippen molar-refractivity contribution in [3.05, 3.63) is 62.1 Å². The van der Waals surface area contributed by atoms with Crippen LogP contribution in [0.5, 0.6) is 0 Å². The summed E-state index contributed by atoms with van der Waals surface area (Å²) >= 11 is 12.5. The van der Waals surface area contributed by atoms with Crippen LogP contribution in [0.25, 0.3) is 27.5 Å². The van der Waals surface area contributed by atoms with E-state index in [4.69, 9.17) is 23.2 Å². The van der Waals surface area contributed by atoms with E-state index in [1.54, 1.807) is 18.2 Å². The van der Waals surface area contributed by atoms with E-state index in [0.29, 0.717) is 49.4 Å². The topological polar surface area (TPSA) is 75.6 Å². The summed E-state index contributed by atoms with van der Waals surface area (Å²) in [5.41, 5.74) is 4.37. The summed E-state index contributed by atoms with van der Waals surface area (Å²) in [6.07, 6.45) is 0. The highest BCUT2D eigenvalue weighted by molar-refractivity contribution is 6.39. The number of H-pyrrole nitrogens is 1. The van der Waals surface area contributed by atoms with Crippen LogP contribution < -0.4 is 10.9 Å². The van der Waals surface area contributed by atoms with Crippen molar-refractivity contribution in [1.82, 2.24) is 19.5 Å². The second-order valence-corrected chi connectivity index (χ2v) is 7.90. The number of aryl methyl sites for hydroxylation is 1. The number of hydrogen-bond acceptors (Lipinski definition) is 4. The summed E-state index contributed by atoms with van der Waals surface area (Å²) in [7, 11) is 1.83. The molecule has 0 unspecified atom stereocenters. The number of nitrogens with zero attached hydrogens (tertiary/aromatic N) is 3. The third-order valence-corrected chi connectivity index (χ3v) is 5.64. The zero-order valence-corrected chi connectivity index (χ0v) is 17.9. The van der Waals surface area contributed by atoms with Crippen molar-refractivity contribution in [2.24, 2.45) is 7.05 Å². The third-order valence-electron chi connectivity index (χ3n) is 5.01. The fourth-order valence-electron chi connectivity index (χ4n) is 3.18. The first kappa shape index (κ1) is 19.5. The van der Waals surface area contributed by atoms with Crippen LogP contribution in [-0.2, 0) is 7.05 Å². The second kappa shape index (κ2) is 7.21. The number of anilines is 2. The molecule has 0 aliphatic rings. The first-order valence-electron chi connectivity index (χ1n) is 9.03. The van der Waals surface area contributed by atoms with Gasteiger partial charge in [0.1, 0.15) is 5.82 Å². The Morgan fingerprint density at radius 2 is 1.69 bits per heavy atom. The van der Waals surface area contributed by atoms with Crippen molar-refractivity contribution < 1.29 is 0 Å². The number of halogens is 2. The SMILES string of the molecule is CC(C)=C(C)c1nc2ccc3nc(Nc4c(Cl)cccc4Cl)n(C)c3c2c(=O)[nH]1. The van der Waals surface area contributed by atoms with Gasteiger partial charge >= 0.3 is 0 Å².